The molecule has 2 aromatic rings. The highest BCUT2D eigenvalue weighted by atomic mass is 16.4. The predicted octanol–water partition coefficient (Wildman–Crippen LogP) is 1.29. The summed E-state index contributed by atoms with van der Waals surface area (Å²) in [5.41, 5.74) is 2.82. The van der Waals surface area contributed by atoms with Gasteiger partial charge in [0, 0.05) is 25.3 Å². The van der Waals surface area contributed by atoms with Crippen molar-refractivity contribution >= 4 is 22.7 Å². The van der Waals surface area contributed by atoms with Crippen LogP contribution in [0.4, 0.5) is 5.69 Å². The van der Waals surface area contributed by atoms with E-state index in [1.165, 1.54) is 0 Å². The molecule has 0 radical (unpaired) electrons. The summed E-state index contributed by atoms with van der Waals surface area (Å²) in [5, 5.41) is 17.2. The summed E-state index contributed by atoms with van der Waals surface area (Å²) < 4.78 is 1.90. The van der Waals surface area contributed by atoms with Crippen LogP contribution in [-0.4, -0.2) is 64.7 Å². The molecular formula is C15H23N5O2. The van der Waals surface area contributed by atoms with E-state index in [4.69, 9.17) is 5.11 Å². The highest BCUT2D eigenvalue weighted by molar-refractivity contribution is 5.79. The Morgan fingerprint density at radius 3 is 2.73 bits per heavy atom. The molecule has 22 heavy (non-hydrogen) atoms. The normalized spacial score (nSPS) is 11.3. The van der Waals surface area contributed by atoms with Crippen molar-refractivity contribution < 1.29 is 9.90 Å². The second-order valence-corrected chi connectivity index (χ2v) is 5.51. The summed E-state index contributed by atoms with van der Waals surface area (Å²) in [6.45, 7) is 4.96. The van der Waals surface area contributed by atoms with E-state index in [1.54, 1.807) is 0 Å². The van der Waals surface area contributed by atoms with Crippen molar-refractivity contribution in [3.05, 3.63) is 18.2 Å². The maximum Gasteiger partial charge on any atom is 0.305 e. The van der Waals surface area contributed by atoms with Gasteiger partial charge in [-0.1, -0.05) is 5.21 Å². The van der Waals surface area contributed by atoms with Crippen molar-refractivity contribution in [1.82, 2.24) is 19.9 Å². The predicted molar refractivity (Wildman–Crippen MR) is 86.2 cm³/mol. The van der Waals surface area contributed by atoms with Crippen LogP contribution in [0.3, 0.4) is 0 Å². The van der Waals surface area contributed by atoms with E-state index >= 15 is 0 Å². The standard InChI is InChI=1S/C15H23N5O2/c1-4-19(8-7-15(21)22)12-5-6-14-13(11-12)16-17-20(14)10-9-18(2)3/h5-6,11H,4,7-10H2,1-3H3,(H,21,22). The van der Waals surface area contributed by atoms with E-state index < -0.39 is 5.97 Å². The van der Waals surface area contributed by atoms with Gasteiger partial charge in [-0.3, -0.25) is 4.79 Å². The van der Waals surface area contributed by atoms with Crippen molar-refractivity contribution in [2.75, 3.05) is 38.6 Å². The molecule has 0 amide bonds. The van der Waals surface area contributed by atoms with Crippen LogP contribution in [0.5, 0.6) is 0 Å². The van der Waals surface area contributed by atoms with Gasteiger partial charge in [0.2, 0.25) is 0 Å². The van der Waals surface area contributed by atoms with Crippen molar-refractivity contribution in [1.29, 1.82) is 0 Å². The molecule has 120 valence electrons. The number of carboxylic acid groups (broad SMARTS) is 1. The lowest BCUT2D eigenvalue weighted by atomic mass is 10.2. The number of benzene rings is 1. The molecule has 1 aromatic heterocycles. The number of anilines is 1. The molecule has 0 fully saturated rings. The van der Waals surface area contributed by atoms with Gasteiger partial charge in [-0.15, -0.1) is 5.10 Å². The maximum absolute atomic E-state index is 10.7. The third-order valence-electron chi connectivity index (χ3n) is 3.60. The van der Waals surface area contributed by atoms with Crippen molar-refractivity contribution in [3.8, 4) is 0 Å². The molecule has 1 N–H and O–H groups in total. The zero-order chi connectivity index (χ0) is 16.1. The molecule has 0 atom stereocenters. The van der Waals surface area contributed by atoms with Crippen LogP contribution in [0.15, 0.2) is 18.2 Å². The quantitative estimate of drug-likeness (QED) is 0.792. The van der Waals surface area contributed by atoms with Gasteiger partial charge in [-0.2, -0.15) is 0 Å². The Balaban J connectivity index is 2.17. The van der Waals surface area contributed by atoms with Crippen molar-refractivity contribution in [2.45, 2.75) is 19.9 Å². The highest BCUT2D eigenvalue weighted by Crippen LogP contribution is 2.20. The second-order valence-electron chi connectivity index (χ2n) is 5.51. The number of likely N-dealkylation sites (N-methyl/N-ethyl adjacent to an activating group) is 1. The van der Waals surface area contributed by atoms with E-state index in [1.807, 2.05) is 48.8 Å². The van der Waals surface area contributed by atoms with Crippen LogP contribution >= 0.6 is 0 Å². The second kappa shape index (κ2) is 7.22. The molecule has 7 heteroatoms. The minimum absolute atomic E-state index is 0.126. The number of aromatic nitrogens is 3. The SMILES string of the molecule is CCN(CCC(=O)O)c1ccc2c(c1)nnn2CCN(C)C. The monoisotopic (exact) mass is 305 g/mol. The maximum atomic E-state index is 10.7. The van der Waals surface area contributed by atoms with E-state index in [0.29, 0.717) is 6.54 Å². The number of hydrogen-bond donors (Lipinski definition) is 1. The van der Waals surface area contributed by atoms with Crippen LogP contribution in [-0.2, 0) is 11.3 Å². The van der Waals surface area contributed by atoms with Crippen molar-refractivity contribution in [2.24, 2.45) is 0 Å². The lowest BCUT2D eigenvalue weighted by Crippen LogP contribution is -2.25. The zero-order valence-corrected chi connectivity index (χ0v) is 13.4. The van der Waals surface area contributed by atoms with Crippen LogP contribution < -0.4 is 4.90 Å². The van der Waals surface area contributed by atoms with E-state index in [9.17, 15) is 4.79 Å². The Labute approximate surface area is 130 Å². The Morgan fingerprint density at radius 1 is 1.32 bits per heavy atom. The van der Waals surface area contributed by atoms with Crippen LogP contribution in [0, 0.1) is 0 Å². The third kappa shape index (κ3) is 3.94. The first-order valence-corrected chi connectivity index (χ1v) is 7.46. The molecule has 0 aliphatic rings. The summed E-state index contributed by atoms with van der Waals surface area (Å²) in [6, 6.07) is 5.98. The van der Waals surface area contributed by atoms with Crippen LogP contribution in [0.1, 0.15) is 13.3 Å². The molecule has 0 aliphatic heterocycles. The Morgan fingerprint density at radius 2 is 2.09 bits per heavy atom. The van der Waals surface area contributed by atoms with Gasteiger partial charge in [-0.05, 0) is 39.2 Å². The van der Waals surface area contributed by atoms with Gasteiger partial charge < -0.3 is 14.9 Å². The number of aliphatic carboxylic acids is 1. The molecule has 0 aliphatic carbocycles. The summed E-state index contributed by atoms with van der Waals surface area (Å²) in [4.78, 5) is 14.9. The number of carbonyl (C=O) groups is 1. The lowest BCUT2D eigenvalue weighted by Gasteiger charge is -2.22. The van der Waals surface area contributed by atoms with Gasteiger partial charge >= 0.3 is 5.97 Å². The largest absolute Gasteiger partial charge is 0.481 e. The fraction of sp³-hybridized carbons (Fsp3) is 0.533. The van der Waals surface area contributed by atoms with Crippen LogP contribution in [0.25, 0.3) is 11.0 Å². The van der Waals surface area contributed by atoms with Crippen LogP contribution in [0.2, 0.25) is 0 Å². The minimum atomic E-state index is -0.783. The van der Waals surface area contributed by atoms with Gasteiger partial charge in [0.1, 0.15) is 5.52 Å². The summed E-state index contributed by atoms with van der Waals surface area (Å²) in [6.07, 6.45) is 0.126. The average Bonchev–Trinajstić information content (AvgIpc) is 2.88. The van der Waals surface area contributed by atoms with Gasteiger partial charge in [0.05, 0.1) is 18.5 Å². The van der Waals surface area contributed by atoms with Crippen molar-refractivity contribution in [3.63, 3.8) is 0 Å². The highest BCUT2D eigenvalue weighted by Gasteiger charge is 2.10. The fourth-order valence-corrected chi connectivity index (χ4v) is 2.32. The first-order valence-electron chi connectivity index (χ1n) is 7.46. The molecule has 1 heterocycles. The molecule has 0 unspecified atom stereocenters. The van der Waals surface area contributed by atoms with E-state index in [0.717, 1.165) is 36.4 Å². The van der Waals surface area contributed by atoms with Gasteiger partial charge in [0.25, 0.3) is 0 Å². The summed E-state index contributed by atoms with van der Waals surface area (Å²) in [7, 11) is 4.05. The van der Waals surface area contributed by atoms with Gasteiger partial charge in [-0.25, -0.2) is 4.68 Å². The first kappa shape index (κ1) is 16.2. The number of nitrogens with zero attached hydrogens (tertiary/aromatic N) is 5. The molecule has 7 nitrogen and oxygen atoms in total. The third-order valence-corrected chi connectivity index (χ3v) is 3.60. The number of hydrogen-bond acceptors (Lipinski definition) is 5. The molecule has 0 bridgehead atoms. The first-order chi connectivity index (χ1) is 10.5. The average molecular weight is 305 g/mol. The number of rotatable bonds is 8. The minimum Gasteiger partial charge on any atom is -0.481 e. The molecule has 0 spiro atoms. The topological polar surface area (TPSA) is 74.5 Å². The summed E-state index contributed by atoms with van der Waals surface area (Å²) in [5.74, 6) is -0.783. The Hall–Kier alpha value is -2.15. The Bertz CT molecular complexity index is 638. The molecule has 0 saturated heterocycles. The lowest BCUT2D eigenvalue weighted by molar-refractivity contribution is -0.136. The molecule has 0 saturated carbocycles. The number of fused-ring (bicyclic) bond motifs is 1. The molecule has 1 aromatic carbocycles. The van der Waals surface area contributed by atoms with E-state index in [2.05, 4.69) is 15.2 Å². The summed E-state index contributed by atoms with van der Waals surface area (Å²) >= 11 is 0. The van der Waals surface area contributed by atoms with Gasteiger partial charge in [0.15, 0.2) is 0 Å². The smallest absolute Gasteiger partial charge is 0.305 e. The van der Waals surface area contributed by atoms with E-state index in [-0.39, 0.29) is 6.42 Å². The zero-order valence-electron chi connectivity index (χ0n) is 13.4. The molecular weight excluding hydrogens is 282 g/mol. The molecule has 2 rings (SSSR count). The fourth-order valence-electron chi connectivity index (χ4n) is 2.32. The number of carboxylic acids is 1. The Kier molecular flexibility index (Phi) is 5.32.